The number of hydrogen-bond acceptors (Lipinski definition) is 15. The van der Waals surface area contributed by atoms with Crippen molar-refractivity contribution in [2.45, 2.75) is 445 Å². The van der Waals surface area contributed by atoms with Gasteiger partial charge in [0.15, 0.2) is 12.2 Å². The molecular formula is C81H158O17P2. The van der Waals surface area contributed by atoms with Crippen LogP contribution in [0.4, 0.5) is 0 Å². The Labute approximate surface area is 613 Å². The SMILES string of the molecule is CCCCCCCCCCCCCCCCCCCCCCCCC(=O)O[C@H](COC(=O)CCCCCCCCCCCCCC(C)C)COP(=O)(O)OC[C@@H](O)COP(=O)(O)OC[C@@H](COC(=O)CCCCCCCCCCCCCC)OC(=O)CCCCCCCCCCCC(C)C. The molecule has 0 radical (unpaired) electrons. The zero-order valence-electron chi connectivity index (χ0n) is 65.5. The first-order valence-corrected chi connectivity index (χ1v) is 45.0. The molecule has 0 rings (SSSR count). The molecule has 0 aliphatic heterocycles. The van der Waals surface area contributed by atoms with E-state index in [1.54, 1.807) is 0 Å². The van der Waals surface area contributed by atoms with Gasteiger partial charge in [-0.2, -0.15) is 0 Å². The number of esters is 4. The van der Waals surface area contributed by atoms with Crippen LogP contribution in [-0.4, -0.2) is 96.7 Å². The number of carbonyl (C=O) groups excluding carboxylic acids is 4. The summed E-state index contributed by atoms with van der Waals surface area (Å²) in [5.74, 6) is -0.603. The number of unbranched alkanes of at least 4 members (excludes halogenated alkanes) is 50. The lowest BCUT2D eigenvalue weighted by molar-refractivity contribution is -0.161. The number of phosphoric acid groups is 2. The van der Waals surface area contributed by atoms with Crippen molar-refractivity contribution < 1.29 is 80.2 Å². The van der Waals surface area contributed by atoms with E-state index in [1.165, 1.54) is 244 Å². The predicted octanol–water partition coefficient (Wildman–Crippen LogP) is 24.3. The van der Waals surface area contributed by atoms with Crippen LogP contribution in [0.2, 0.25) is 0 Å². The lowest BCUT2D eigenvalue weighted by Gasteiger charge is -2.21. The topological polar surface area (TPSA) is 237 Å². The van der Waals surface area contributed by atoms with E-state index in [1.807, 2.05) is 0 Å². The van der Waals surface area contributed by atoms with Crippen molar-refractivity contribution in [3.8, 4) is 0 Å². The summed E-state index contributed by atoms with van der Waals surface area (Å²) < 4.78 is 68.7. The van der Waals surface area contributed by atoms with Crippen molar-refractivity contribution in [3.05, 3.63) is 0 Å². The molecule has 5 atom stereocenters. The van der Waals surface area contributed by atoms with E-state index in [0.29, 0.717) is 25.7 Å². The molecule has 2 unspecified atom stereocenters. The van der Waals surface area contributed by atoms with E-state index in [2.05, 4.69) is 41.5 Å². The summed E-state index contributed by atoms with van der Waals surface area (Å²) in [7, 11) is -9.92. The summed E-state index contributed by atoms with van der Waals surface area (Å²) in [6.07, 6.45) is 62.5. The fraction of sp³-hybridized carbons (Fsp3) is 0.951. The van der Waals surface area contributed by atoms with Gasteiger partial charge >= 0.3 is 39.5 Å². The Hall–Kier alpha value is -1.94. The van der Waals surface area contributed by atoms with Crippen LogP contribution in [0.25, 0.3) is 0 Å². The minimum absolute atomic E-state index is 0.106. The highest BCUT2D eigenvalue weighted by atomic mass is 31.2. The zero-order chi connectivity index (χ0) is 73.5. The molecule has 0 spiro atoms. The minimum atomic E-state index is -4.96. The third-order valence-electron chi connectivity index (χ3n) is 19.0. The molecule has 17 nitrogen and oxygen atoms in total. The average molecular weight is 1470 g/mol. The molecule has 0 amide bonds. The number of carbonyl (C=O) groups is 4. The zero-order valence-corrected chi connectivity index (χ0v) is 67.3. The Balaban J connectivity index is 5.21. The van der Waals surface area contributed by atoms with E-state index < -0.39 is 97.5 Å². The third kappa shape index (κ3) is 74.3. The lowest BCUT2D eigenvalue weighted by atomic mass is 10.0. The van der Waals surface area contributed by atoms with Gasteiger partial charge in [-0.3, -0.25) is 37.3 Å². The van der Waals surface area contributed by atoms with E-state index >= 15 is 0 Å². The molecule has 0 bridgehead atoms. The summed E-state index contributed by atoms with van der Waals surface area (Å²) >= 11 is 0. The van der Waals surface area contributed by atoms with Crippen LogP contribution in [0, 0.1) is 11.8 Å². The van der Waals surface area contributed by atoms with Crippen LogP contribution >= 0.6 is 15.6 Å². The second-order valence-electron chi connectivity index (χ2n) is 30.1. The largest absolute Gasteiger partial charge is 0.472 e. The second-order valence-corrected chi connectivity index (χ2v) is 33.0. The van der Waals surface area contributed by atoms with Crippen LogP contribution in [0.1, 0.15) is 427 Å². The van der Waals surface area contributed by atoms with Crippen molar-refractivity contribution in [3.63, 3.8) is 0 Å². The standard InChI is InChI=1S/C81H158O17P2/c1-7-9-11-13-15-17-19-21-22-23-24-25-26-27-28-29-30-34-41-47-53-59-65-80(85)97-76(69-92-79(84)64-58-52-46-40-35-31-32-37-43-49-55-61-73(3)4)71-95-99(87,88)93-67-75(82)68-94-100(89,90)96-72-77(98-81(86)66-60-54-48-42-36-38-44-50-56-62-74(5)6)70-91-78(83)63-57-51-45-39-33-20-18-16-14-12-10-8-2/h73-77,82H,7-72H2,1-6H3,(H,87,88)(H,89,90)/t75-,76-,77-/m1/s1. The summed E-state index contributed by atoms with van der Waals surface area (Å²) in [6.45, 7) is 9.61. The van der Waals surface area contributed by atoms with Crippen LogP contribution in [-0.2, 0) is 65.4 Å². The van der Waals surface area contributed by atoms with E-state index in [4.69, 9.17) is 37.0 Å². The first-order chi connectivity index (χ1) is 48.4. The van der Waals surface area contributed by atoms with Crippen molar-refractivity contribution in [1.82, 2.24) is 0 Å². The Kier molecular flexibility index (Phi) is 71.2. The van der Waals surface area contributed by atoms with Gasteiger partial charge in [0.1, 0.15) is 19.3 Å². The highest BCUT2D eigenvalue weighted by Crippen LogP contribution is 2.45. The van der Waals surface area contributed by atoms with Crippen molar-refractivity contribution >= 4 is 39.5 Å². The van der Waals surface area contributed by atoms with Crippen LogP contribution in [0.3, 0.4) is 0 Å². The summed E-state index contributed by atoms with van der Waals surface area (Å²) in [5, 5.41) is 10.6. The van der Waals surface area contributed by atoms with Gasteiger partial charge in [-0.1, -0.05) is 375 Å². The monoisotopic (exact) mass is 1470 g/mol. The molecule has 0 heterocycles. The number of hydrogen-bond donors (Lipinski definition) is 3. The smallest absolute Gasteiger partial charge is 0.462 e. The van der Waals surface area contributed by atoms with Crippen LogP contribution in [0.5, 0.6) is 0 Å². The second kappa shape index (κ2) is 72.6. The Morgan fingerprint density at radius 1 is 0.270 bits per heavy atom. The first-order valence-electron chi connectivity index (χ1n) is 42.0. The summed E-state index contributed by atoms with van der Waals surface area (Å²) in [4.78, 5) is 73.0. The van der Waals surface area contributed by atoms with E-state index in [9.17, 15) is 43.2 Å². The number of ether oxygens (including phenoxy) is 4. The van der Waals surface area contributed by atoms with E-state index in [-0.39, 0.29) is 25.7 Å². The maximum Gasteiger partial charge on any atom is 0.472 e. The number of rotatable bonds is 80. The molecule has 0 aromatic carbocycles. The normalized spacial score (nSPS) is 13.9. The molecule has 0 fully saturated rings. The molecule has 0 aromatic rings. The third-order valence-corrected chi connectivity index (χ3v) is 20.9. The maximum atomic E-state index is 13.1. The molecule has 0 saturated heterocycles. The molecule has 3 N–H and O–H groups in total. The van der Waals surface area contributed by atoms with Crippen LogP contribution < -0.4 is 0 Å². The maximum absolute atomic E-state index is 13.1. The summed E-state index contributed by atoms with van der Waals surface area (Å²) in [5.41, 5.74) is 0. The highest BCUT2D eigenvalue weighted by Gasteiger charge is 2.30. The van der Waals surface area contributed by atoms with Gasteiger partial charge in [-0.15, -0.1) is 0 Å². The van der Waals surface area contributed by atoms with Gasteiger partial charge in [0.05, 0.1) is 26.4 Å². The van der Waals surface area contributed by atoms with E-state index in [0.717, 1.165) is 102 Å². The first kappa shape index (κ1) is 98.1. The van der Waals surface area contributed by atoms with Gasteiger partial charge in [0.25, 0.3) is 0 Å². The summed E-state index contributed by atoms with van der Waals surface area (Å²) in [6, 6.07) is 0. The molecule has 0 aromatic heterocycles. The molecule has 0 aliphatic carbocycles. The molecule has 0 aliphatic rings. The lowest BCUT2D eigenvalue weighted by Crippen LogP contribution is -2.30. The fourth-order valence-electron chi connectivity index (χ4n) is 12.5. The van der Waals surface area contributed by atoms with Gasteiger partial charge in [-0.05, 0) is 37.5 Å². The van der Waals surface area contributed by atoms with Crippen molar-refractivity contribution in [1.29, 1.82) is 0 Å². The average Bonchev–Trinajstić information content (AvgIpc) is 1.00. The molecule has 100 heavy (non-hydrogen) atoms. The van der Waals surface area contributed by atoms with Gasteiger partial charge in [-0.25, -0.2) is 9.13 Å². The highest BCUT2D eigenvalue weighted by molar-refractivity contribution is 7.47. The molecular weight excluding hydrogens is 1310 g/mol. The molecule has 594 valence electrons. The van der Waals surface area contributed by atoms with Crippen molar-refractivity contribution in [2.24, 2.45) is 11.8 Å². The molecule has 0 saturated carbocycles. The Bertz CT molecular complexity index is 1920. The van der Waals surface area contributed by atoms with Gasteiger partial charge in [0.2, 0.25) is 0 Å². The quantitative estimate of drug-likeness (QED) is 0.0222. The molecule has 19 heteroatoms. The fourth-order valence-corrected chi connectivity index (χ4v) is 14.1. The van der Waals surface area contributed by atoms with Gasteiger partial charge in [0, 0.05) is 25.7 Å². The number of phosphoric ester groups is 2. The van der Waals surface area contributed by atoms with Crippen LogP contribution in [0.15, 0.2) is 0 Å². The van der Waals surface area contributed by atoms with Crippen molar-refractivity contribution in [2.75, 3.05) is 39.6 Å². The number of aliphatic hydroxyl groups is 1. The predicted molar refractivity (Wildman–Crippen MR) is 409 cm³/mol. The number of aliphatic hydroxyl groups excluding tert-OH is 1. The minimum Gasteiger partial charge on any atom is -0.462 e. The Morgan fingerprint density at radius 2 is 0.460 bits per heavy atom. The Morgan fingerprint density at radius 3 is 0.680 bits per heavy atom. The van der Waals surface area contributed by atoms with Gasteiger partial charge < -0.3 is 33.8 Å².